The van der Waals surface area contributed by atoms with E-state index in [1.54, 1.807) is 4.90 Å². The molecule has 5 nitrogen and oxygen atoms in total. The summed E-state index contributed by atoms with van der Waals surface area (Å²) in [6.45, 7) is 4.32. The van der Waals surface area contributed by atoms with Crippen molar-refractivity contribution in [3.63, 3.8) is 0 Å². The molecule has 3 fully saturated rings. The molecule has 19 heavy (non-hydrogen) atoms. The van der Waals surface area contributed by atoms with Gasteiger partial charge in [0.05, 0.1) is 25.9 Å². The maximum absolute atomic E-state index is 11.9. The van der Waals surface area contributed by atoms with E-state index >= 15 is 0 Å². The van der Waals surface area contributed by atoms with Gasteiger partial charge in [0, 0.05) is 25.7 Å². The van der Waals surface area contributed by atoms with Gasteiger partial charge in [-0.2, -0.15) is 0 Å². The fourth-order valence-corrected chi connectivity index (χ4v) is 2.58. The third kappa shape index (κ3) is 3.83. The van der Waals surface area contributed by atoms with Crippen LogP contribution in [0.4, 0.5) is 4.79 Å². The maximum atomic E-state index is 11.9. The van der Waals surface area contributed by atoms with E-state index in [1.807, 2.05) is 0 Å². The Morgan fingerprint density at radius 3 is 2.79 bits per heavy atom. The van der Waals surface area contributed by atoms with Crippen LogP contribution in [0.5, 0.6) is 0 Å². The molecular formula is C14H23NO4. The van der Waals surface area contributed by atoms with E-state index < -0.39 is 0 Å². The third-order valence-corrected chi connectivity index (χ3v) is 4.13. The number of likely N-dealkylation sites (tertiary alicyclic amines) is 1. The van der Waals surface area contributed by atoms with Crippen LogP contribution in [0.15, 0.2) is 0 Å². The number of carbonyl (C=O) groups excluding carboxylic acids is 1. The maximum Gasteiger partial charge on any atom is 0.409 e. The number of hydrogen-bond acceptors (Lipinski definition) is 4. The fourth-order valence-electron chi connectivity index (χ4n) is 2.58. The zero-order valence-corrected chi connectivity index (χ0v) is 11.4. The van der Waals surface area contributed by atoms with Gasteiger partial charge in [-0.3, -0.25) is 0 Å². The average molecular weight is 269 g/mol. The van der Waals surface area contributed by atoms with Crippen molar-refractivity contribution in [1.29, 1.82) is 0 Å². The number of hydrogen-bond donors (Lipinski definition) is 0. The number of ether oxygens (including phenoxy) is 3. The van der Waals surface area contributed by atoms with E-state index in [1.165, 1.54) is 12.8 Å². The summed E-state index contributed by atoms with van der Waals surface area (Å²) in [5.74, 6) is 1.16. The lowest BCUT2D eigenvalue weighted by Crippen LogP contribution is -2.32. The summed E-state index contributed by atoms with van der Waals surface area (Å²) in [4.78, 5) is 13.7. The van der Waals surface area contributed by atoms with Gasteiger partial charge in [-0.25, -0.2) is 4.79 Å². The van der Waals surface area contributed by atoms with Crippen LogP contribution in [0.25, 0.3) is 0 Å². The molecule has 2 aliphatic heterocycles. The summed E-state index contributed by atoms with van der Waals surface area (Å²) in [6, 6.07) is 0. The molecular weight excluding hydrogens is 246 g/mol. The molecule has 0 spiro atoms. The Labute approximate surface area is 114 Å². The zero-order valence-electron chi connectivity index (χ0n) is 11.4. The van der Waals surface area contributed by atoms with Crippen LogP contribution in [0.3, 0.4) is 0 Å². The first-order chi connectivity index (χ1) is 9.31. The van der Waals surface area contributed by atoms with Gasteiger partial charge in [0.25, 0.3) is 0 Å². The van der Waals surface area contributed by atoms with E-state index in [0.29, 0.717) is 19.1 Å². The molecule has 0 aromatic heterocycles. The van der Waals surface area contributed by atoms with Gasteiger partial charge >= 0.3 is 6.09 Å². The smallest absolute Gasteiger partial charge is 0.409 e. The molecule has 2 heterocycles. The summed E-state index contributed by atoms with van der Waals surface area (Å²) < 4.78 is 16.4. The second kappa shape index (κ2) is 6.09. The molecule has 0 aromatic rings. The Morgan fingerprint density at radius 1 is 1.16 bits per heavy atom. The molecule has 0 bridgehead atoms. The summed E-state index contributed by atoms with van der Waals surface area (Å²) >= 11 is 0. The molecule has 2 saturated heterocycles. The van der Waals surface area contributed by atoms with Gasteiger partial charge in [-0.1, -0.05) is 0 Å². The number of rotatable bonds is 5. The molecule has 3 aliphatic rings. The Morgan fingerprint density at radius 2 is 2.05 bits per heavy atom. The van der Waals surface area contributed by atoms with Gasteiger partial charge in [-0.15, -0.1) is 0 Å². The average Bonchev–Trinajstić information content (AvgIpc) is 2.94. The second-order valence-corrected chi connectivity index (χ2v) is 5.94. The number of carbonyl (C=O) groups is 1. The van der Waals surface area contributed by atoms with E-state index in [0.717, 1.165) is 45.1 Å². The van der Waals surface area contributed by atoms with Gasteiger partial charge in [0.1, 0.15) is 0 Å². The first kappa shape index (κ1) is 13.2. The van der Waals surface area contributed by atoms with Gasteiger partial charge in [0.15, 0.2) is 0 Å². The Balaban J connectivity index is 1.33. The van der Waals surface area contributed by atoms with E-state index in [-0.39, 0.29) is 12.2 Å². The minimum Gasteiger partial charge on any atom is -0.449 e. The molecule has 108 valence electrons. The van der Waals surface area contributed by atoms with E-state index in [4.69, 9.17) is 14.2 Å². The first-order valence-electron chi connectivity index (χ1n) is 7.42. The van der Waals surface area contributed by atoms with Gasteiger partial charge in [-0.05, 0) is 31.6 Å². The minimum atomic E-state index is -0.190. The lowest BCUT2D eigenvalue weighted by Gasteiger charge is -2.17. The molecule has 1 amide bonds. The van der Waals surface area contributed by atoms with Crippen molar-refractivity contribution < 1.29 is 19.0 Å². The van der Waals surface area contributed by atoms with E-state index in [9.17, 15) is 4.79 Å². The largest absolute Gasteiger partial charge is 0.449 e. The highest BCUT2D eigenvalue weighted by atomic mass is 16.6. The van der Waals surface area contributed by atoms with E-state index in [2.05, 4.69) is 0 Å². The summed E-state index contributed by atoms with van der Waals surface area (Å²) in [7, 11) is 0. The Kier molecular flexibility index (Phi) is 4.23. The highest BCUT2D eigenvalue weighted by Gasteiger charge is 2.30. The van der Waals surface area contributed by atoms with Crippen molar-refractivity contribution in [3.8, 4) is 0 Å². The molecule has 0 N–H and O–H groups in total. The van der Waals surface area contributed by atoms with Crippen LogP contribution in [-0.4, -0.2) is 56.6 Å². The van der Waals surface area contributed by atoms with Crippen LogP contribution < -0.4 is 0 Å². The van der Waals surface area contributed by atoms with Crippen LogP contribution in [0.1, 0.15) is 25.7 Å². The molecule has 1 saturated carbocycles. The van der Waals surface area contributed by atoms with Crippen LogP contribution in [0, 0.1) is 11.8 Å². The minimum absolute atomic E-state index is 0.190. The van der Waals surface area contributed by atoms with Crippen LogP contribution >= 0.6 is 0 Å². The van der Waals surface area contributed by atoms with Crippen molar-refractivity contribution in [2.24, 2.45) is 11.8 Å². The van der Waals surface area contributed by atoms with Crippen LogP contribution in [0.2, 0.25) is 0 Å². The molecule has 0 radical (unpaired) electrons. The molecule has 2 unspecified atom stereocenters. The fraction of sp³-hybridized carbons (Fsp3) is 0.929. The van der Waals surface area contributed by atoms with Gasteiger partial charge < -0.3 is 19.1 Å². The lowest BCUT2D eigenvalue weighted by atomic mass is 10.1. The van der Waals surface area contributed by atoms with Gasteiger partial charge in [0.2, 0.25) is 0 Å². The standard InChI is InChI=1S/C14H23NO4/c16-14(19-10-12-4-6-17-8-12)15-5-3-13(7-15)18-9-11-1-2-11/h11-13H,1-10H2. The van der Waals surface area contributed by atoms with Crippen molar-refractivity contribution in [2.45, 2.75) is 31.8 Å². The SMILES string of the molecule is O=C(OCC1CCOC1)N1CCC(OCC2CC2)C1. The second-order valence-electron chi connectivity index (χ2n) is 5.94. The molecule has 1 aliphatic carbocycles. The monoisotopic (exact) mass is 269 g/mol. The van der Waals surface area contributed by atoms with Crippen molar-refractivity contribution in [3.05, 3.63) is 0 Å². The topological polar surface area (TPSA) is 48.0 Å². The van der Waals surface area contributed by atoms with Crippen molar-refractivity contribution >= 4 is 6.09 Å². The molecule has 2 atom stereocenters. The van der Waals surface area contributed by atoms with Crippen molar-refractivity contribution in [1.82, 2.24) is 4.90 Å². The zero-order chi connectivity index (χ0) is 13.1. The first-order valence-corrected chi connectivity index (χ1v) is 7.42. The molecule has 5 heteroatoms. The predicted octanol–water partition coefficient (Wildman–Crippen LogP) is 1.66. The summed E-state index contributed by atoms with van der Waals surface area (Å²) in [5.41, 5.74) is 0. The highest BCUT2D eigenvalue weighted by molar-refractivity contribution is 5.68. The Hall–Kier alpha value is -0.810. The number of amides is 1. The Bertz CT molecular complexity index is 313. The summed E-state index contributed by atoms with van der Waals surface area (Å²) in [5, 5.41) is 0. The normalized spacial score (nSPS) is 30.8. The number of nitrogens with zero attached hydrogens (tertiary/aromatic N) is 1. The predicted molar refractivity (Wildman–Crippen MR) is 68.9 cm³/mol. The lowest BCUT2D eigenvalue weighted by molar-refractivity contribution is 0.0465. The molecule has 0 aromatic carbocycles. The third-order valence-electron chi connectivity index (χ3n) is 4.13. The molecule has 3 rings (SSSR count). The summed E-state index contributed by atoms with van der Waals surface area (Å²) in [6.07, 6.45) is 4.57. The van der Waals surface area contributed by atoms with Crippen LogP contribution in [-0.2, 0) is 14.2 Å². The van der Waals surface area contributed by atoms with Crippen molar-refractivity contribution in [2.75, 3.05) is 39.5 Å². The quantitative estimate of drug-likeness (QED) is 0.761. The highest BCUT2D eigenvalue weighted by Crippen LogP contribution is 2.30.